The third-order valence-corrected chi connectivity index (χ3v) is 3.94. The van der Waals surface area contributed by atoms with E-state index in [2.05, 4.69) is 15.1 Å². The summed E-state index contributed by atoms with van der Waals surface area (Å²) in [5.74, 6) is 1.50. The first-order chi connectivity index (χ1) is 10.2. The lowest BCUT2D eigenvalue weighted by atomic mass is 9.82. The van der Waals surface area contributed by atoms with Crippen LogP contribution >= 0.6 is 0 Å². The minimum Gasteiger partial charge on any atom is -0.481 e. The molecule has 6 nitrogen and oxygen atoms in total. The smallest absolute Gasteiger partial charge is 0.229 e. The number of aliphatic hydroxyl groups is 1. The zero-order valence-corrected chi connectivity index (χ0v) is 12.1. The Balaban J connectivity index is 1.73. The van der Waals surface area contributed by atoms with Crippen molar-refractivity contribution in [3.05, 3.63) is 24.2 Å². The number of hydrogen-bond acceptors (Lipinski definition) is 6. The second-order valence-electron chi connectivity index (χ2n) is 5.56. The highest BCUT2D eigenvalue weighted by Gasteiger charge is 2.31. The summed E-state index contributed by atoms with van der Waals surface area (Å²) in [6.45, 7) is 0. The number of pyridine rings is 1. The molecule has 0 atom stereocenters. The number of ether oxygens (including phenoxy) is 1. The van der Waals surface area contributed by atoms with Crippen LogP contribution < -0.4 is 4.74 Å². The van der Waals surface area contributed by atoms with Gasteiger partial charge >= 0.3 is 0 Å². The third-order valence-electron chi connectivity index (χ3n) is 3.94. The first-order valence-electron chi connectivity index (χ1n) is 7.24. The molecule has 0 spiro atoms. The topological polar surface area (TPSA) is 81.3 Å². The average molecular weight is 289 g/mol. The summed E-state index contributed by atoms with van der Waals surface area (Å²) in [5, 5.41) is 14.5. The maximum atomic E-state index is 10.5. The quantitative estimate of drug-likeness (QED) is 0.930. The molecule has 0 amide bonds. The lowest BCUT2D eigenvalue weighted by Gasteiger charge is -2.30. The minimum absolute atomic E-state index is 0.420. The van der Waals surface area contributed by atoms with Crippen molar-refractivity contribution in [3.63, 3.8) is 0 Å². The molecule has 0 saturated heterocycles. The van der Waals surface area contributed by atoms with Gasteiger partial charge in [-0.25, -0.2) is 4.98 Å². The monoisotopic (exact) mass is 289 g/mol. The van der Waals surface area contributed by atoms with Gasteiger partial charge in [-0.15, -0.1) is 0 Å². The molecule has 2 aromatic rings. The molecule has 1 aliphatic rings. The fourth-order valence-electron chi connectivity index (χ4n) is 2.75. The summed E-state index contributed by atoms with van der Waals surface area (Å²) in [5.41, 5.74) is 0.0710. The maximum Gasteiger partial charge on any atom is 0.229 e. The van der Waals surface area contributed by atoms with Gasteiger partial charge in [0.2, 0.25) is 17.6 Å². The lowest BCUT2D eigenvalue weighted by molar-refractivity contribution is -0.00181. The van der Waals surface area contributed by atoms with E-state index in [1.165, 1.54) is 6.42 Å². The normalized spacial score (nSPS) is 17.6. The molecule has 2 heterocycles. The van der Waals surface area contributed by atoms with Crippen molar-refractivity contribution in [1.82, 2.24) is 15.1 Å². The molecule has 6 heteroatoms. The van der Waals surface area contributed by atoms with E-state index in [1.807, 2.05) is 6.07 Å². The predicted molar refractivity (Wildman–Crippen MR) is 75.8 cm³/mol. The molecule has 112 valence electrons. The molecule has 0 bridgehead atoms. The largest absolute Gasteiger partial charge is 0.481 e. The molecular formula is C15H19N3O3. The number of nitrogens with zero attached hydrogens (tertiary/aromatic N) is 3. The van der Waals surface area contributed by atoms with Gasteiger partial charge in [0.15, 0.2) is 0 Å². The van der Waals surface area contributed by atoms with Crippen LogP contribution in [0.5, 0.6) is 5.88 Å². The van der Waals surface area contributed by atoms with Crippen LogP contribution in [-0.4, -0.2) is 32.9 Å². The Kier molecular flexibility index (Phi) is 3.88. The number of rotatable bonds is 4. The predicted octanol–water partition coefficient (Wildman–Crippen LogP) is 2.38. The fourth-order valence-corrected chi connectivity index (χ4v) is 2.75. The Morgan fingerprint density at radius 3 is 2.76 bits per heavy atom. The molecule has 1 saturated carbocycles. The zero-order valence-electron chi connectivity index (χ0n) is 12.1. The first kappa shape index (κ1) is 14.0. The van der Waals surface area contributed by atoms with Gasteiger partial charge in [-0.2, -0.15) is 4.98 Å². The van der Waals surface area contributed by atoms with Gasteiger partial charge in [0.25, 0.3) is 0 Å². The van der Waals surface area contributed by atoms with Crippen molar-refractivity contribution in [2.75, 3.05) is 7.11 Å². The Hall–Kier alpha value is -1.95. The van der Waals surface area contributed by atoms with Crippen LogP contribution in [0.4, 0.5) is 0 Å². The average Bonchev–Trinajstić information content (AvgIpc) is 2.96. The van der Waals surface area contributed by atoms with Crippen LogP contribution in [0.3, 0.4) is 0 Å². The Morgan fingerprint density at radius 1 is 1.29 bits per heavy atom. The van der Waals surface area contributed by atoms with Crippen molar-refractivity contribution in [2.24, 2.45) is 0 Å². The number of hydrogen-bond donors (Lipinski definition) is 1. The minimum atomic E-state index is -0.694. The molecule has 0 unspecified atom stereocenters. The van der Waals surface area contributed by atoms with Crippen LogP contribution in [0.1, 0.15) is 38.0 Å². The first-order valence-corrected chi connectivity index (χ1v) is 7.24. The molecular weight excluding hydrogens is 270 g/mol. The summed E-state index contributed by atoms with van der Waals surface area (Å²) in [6, 6.07) is 3.58. The van der Waals surface area contributed by atoms with E-state index in [-0.39, 0.29) is 0 Å². The van der Waals surface area contributed by atoms with E-state index in [0.29, 0.717) is 24.0 Å². The van der Waals surface area contributed by atoms with Gasteiger partial charge in [-0.1, -0.05) is 24.4 Å². The highest BCUT2D eigenvalue weighted by atomic mass is 16.5. The van der Waals surface area contributed by atoms with Crippen molar-refractivity contribution in [2.45, 2.75) is 44.1 Å². The number of methoxy groups -OCH3 is 1. The van der Waals surface area contributed by atoms with Gasteiger partial charge in [0.1, 0.15) is 0 Å². The summed E-state index contributed by atoms with van der Waals surface area (Å²) in [7, 11) is 1.57. The lowest BCUT2D eigenvalue weighted by Crippen LogP contribution is -2.33. The number of aromatic nitrogens is 3. The molecule has 0 aliphatic heterocycles. The third kappa shape index (κ3) is 3.21. The molecule has 1 fully saturated rings. The second kappa shape index (κ2) is 5.81. The van der Waals surface area contributed by atoms with Crippen LogP contribution in [0.15, 0.2) is 22.9 Å². The Bertz CT molecular complexity index is 588. The molecule has 0 aromatic carbocycles. The van der Waals surface area contributed by atoms with Crippen LogP contribution in [0.25, 0.3) is 11.4 Å². The van der Waals surface area contributed by atoms with E-state index >= 15 is 0 Å². The van der Waals surface area contributed by atoms with Crippen molar-refractivity contribution >= 4 is 0 Å². The highest BCUT2D eigenvalue weighted by Crippen LogP contribution is 2.31. The van der Waals surface area contributed by atoms with E-state index in [1.54, 1.807) is 19.4 Å². The van der Waals surface area contributed by atoms with Crippen LogP contribution in [0.2, 0.25) is 0 Å². The van der Waals surface area contributed by atoms with Gasteiger partial charge in [-0.05, 0) is 18.9 Å². The standard InChI is InChI=1S/C15H19N3O3/c1-20-12-6-5-11(10-16-12)14-17-13(21-18-14)9-15(19)7-3-2-4-8-15/h5-6,10,19H,2-4,7-9H2,1H3. The van der Waals surface area contributed by atoms with Crippen LogP contribution in [0, 0.1) is 0 Å². The maximum absolute atomic E-state index is 10.5. The zero-order chi connectivity index (χ0) is 14.7. The van der Waals surface area contributed by atoms with Crippen molar-refractivity contribution in [1.29, 1.82) is 0 Å². The molecule has 0 radical (unpaired) electrons. The Labute approximate surface area is 123 Å². The summed E-state index contributed by atoms with van der Waals surface area (Å²) in [4.78, 5) is 8.48. The SMILES string of the molecule is COc1ccc(-c2noc(CC3(O)CCCCC3)n2)cn1. The molecule has 3 rings (SSSR count). The summed E-state index contributed by atoms with van der Waals surface area (Å²) in [6.07, 6.45) is 6.96. The highest BCUT2D eigenvalue weighted by molar-refractivity contribution is 5.53. The van der Waals surface area contributed by atoms with E-state index in [0.717, 1.165) is 31.2 Å². The van der Waals surface area contributed by atoms with E-state index < -0.39 is 5.60 Å². The summed E-state index contributed by atoms with van der Waals surface area (Å²) < 4.78 is 10.3. The van der Waals surface area contributed by atoms with Crippen molar-refractivity contribution in [3.8, 4) is 17.3 Å². The van der Waals surface area contributed by atoms with Crippen molar-refractivity contribution < 1.29 is 14.4 Å². The van der Waals surface area contributed by atoms with Gasteiger partial charge in [-0.3, -0.25) is 0 Å². The van der Waals surface area contributed by atoms with E-state index in [4.69, 9.17) is 9.26 Å². The van der Waals surface area contributed by atoms with Crippen LogP contribution in [-0.2, 0) is 6.42 Å². The Morgan fingerprint density at radius 2 is 2.10 bits per heavy atom. The second-order valence-corrected chi connectivity index (χ2v) is 5.56. The van der Waals surface area contributed by atoms with E-state index in [9.17, 15) is 5.11 Å². The molecule has 1 N–H and O–H groups in total. The van der Waals surface area contributed by atoms with Gasteiger partial charge in [0, 0.05) is 17.8 Å². The molecule has 21 heavy (non-hydrogen) atoms. The fraction of sp³-hybridized carbons (Fsp3) is 0.533. The summed E-state index contributed by atoms with van der Waals surface area (Å²) >= 11 is 0. The molecule has 1 aliphatic carbocycles. The van der Waals surface area contributed by atoms with Gasteiger partial charge in [0.05, 0.1) is 19.1 Å². The molecule has 2 aromatic heterocycles. The van der Waals surface area contributed by atoms with Gasteiger partial charge < -0.3 is 14.4 Å².